The molecule has 1 aromatic carbocycles. The van der Waals surface area contributed by atoms with Crippen molar-refractivity contribution in [3.8, 4) is 11.8 Å². The summed E-state index contributed by atoms with van der Waals surface area (Å²) in [5.41, 5.74) is 8.10. The highest BCUT2D eigenvalue weighted by molar-refractivity contribution is 6.35. The molecule has 6 nitrogen and oxygen atoms in total. The Bertz CT molecular complexity index is 1280. The van der Waals surface area contributed by atoms with Crippen LogP contribution in [0.15, 0.2) is 64.9 Å². The molecule has 150 valence electrons. The number of aryl methyl sites for hydroxylation is 1. The van der Waals surface area contributed by atoms with Crippen molar-refractivity contribution in [3.63, 3.8) is 0 Å². The predicted molar refractivity (Wildman–Crippen MR) is 115 cm³/mol. The number of nitrogens with two attached hydrogens (primary N) is 1. The van der Waals surface area contributed by atoms with Gasteiger partial charge in [-0.25, -0.2) is 0 Å². The van der Waals surface area contributed by atoms with Gasteiger partial charge in [-0.1, -0.05) is 35.3 Å². The maximum atomic E-state index is 13.6. The van der Waals surface area contributed by atoms with E-state index in [1.54, 1.807) is 42.0 Å². The van der Waals surface area contributed by atoms with Crippen LogP contribution >= 0.6 is 23.2 Å². The van der Waals surface area contributed by atoms with Gasteiger partial charge in [0.05, 0.1) is 23.7 Å². The zero-order valence-corrected chi connectivity index (χ0v) is 17.4. The van der Waals surface area contributed by atoms with Crippen LogP contribution in [0.1, 0.15) is 28.4 Å². The minimum Gasteiger partial charge on any atom is -0.440 e. The van der Waals surface area contributed by atoms with Crippen LogP contribution in [0.4, 0.5) is 0 Å². The van der Waals surface area contributed by atoms with Gasteiger partial charge < -0.3 is 15.0 Å². The van der Waals surface area contributed by atoms with E-state index in [2.05, 4.69) is 11.1 Å². The number of benzene rings is 1. The Labute approximate surface area is 182 Å². The molecule has 0 saturated carbocycles. The van der Waals surface area contributed by atoms with E-state index in [0.717, 1.165) is 5.69 Å². The second-order valence-corrected chi connectivity index (χ2v) is 7.71. The fourth-order valence-electron chi connectivity index (χ4n) is 3.58. The molecule has 0 aliphatic carbocycles. The fraction of sp³-hybridized carbons (Fsp3) is 0.136. The van der Waals surface area contributed by atoms with E-state index in [1.165, 1.54) is 0 Å². The lowest BCUT2D eigenvalue weighted by Gasteiger charge is -2.28. The molecule has 3 aromatic rings. The van der Waals surface area contributed by atoms with E-state index in [0.29, 0.717) is 32.6 Å². The minimum atomic E-state index is -0.772. The van der Waals surface area contributed by atoms with E-state index < -0.39 is 5.92 Å². The molecule has 0 radical (unpaired) electrons. The quantitative estimate of drug-likeness (QED) is 0.663. The second kappa shape index (κ2) is 7.86. The average Bonchev–Trinajstić information content (AvgIpc) is 2.71. The smallest absolute Gasteiger partial charge is 0.259 e. The van der Waals surface area contributed by atoms with Gasteiger partial charge in [-0.15, -0.1) is 0 Å². The van der Waals surface area contributed by atoms with Crippen LogP contribution in [0.25, 0.3) is 0 Å². The number of allylic oxidation sites excluding steroid dienone is 1. The first kappa shape index (κ1) is 20.0. The number of halogens is 2. The van der Waals surface area contributed by atoms with Crippen molar-refractivity contribution >= 4 is 23.2 Å². The van der Waals surface area contributed by atoms with Gasteiger partial charge in [0.2, 0.25) is 5.88 Å². The SMILES string of the molecule is Cc1cc2c(c(=O)n1Cc1ccccn1)C(c1ccc(Cl)cc1Cl)C(C#N)=C(N)O2. The Morgan fingerprint density at radius 1 is 1.27 bits per heavy atom. The van der Waals surface area contributed by atoms with Crippen molar-refractivity contribution in [2.24, 2.45) is 5.73 Å². The molecule has 0 spiro atoms. The lowest BCUT2D eigenvalue weighted by Crippen LogP contribution is -2.33. The molecule has 2 aromatic heterocycles. The topological polar surface area (TPSA) is 93.9 Å². The zero-order valence-electron chi connectivity index (χ0n) is 15.9. The van der Waals surface area contributed by atoms with E-state index in [9.17, 15) is 10.1 Å². The summed E-state index contributed by atoms with van der Waals surface area (Å²) in [7, 11) is 0. The van der Waals surface area contributed by atoms with Crippen molar-refractivity contribution in [2.45, 2.75) is 19.4 Å². The molecule has 0 fully saturated rings. The van der Waals surface area contributed by atoms with Crippen molar-refractivity contribution < 1.29 is 4.74 Å². The van der Waals surface area contributed by atoms with Gasteiger partial charge in [-0.05, 0) is 36.8 Å². The monoisotopic (exact) mass is 438 g/mol. The van der Waals surface area contributed by atoms with Gasteiger partial charge in [0, 0.05) is 28.0 Å². The standard InChI is InChI=1S/C22H16Cl2N4O2/c1-12-8-18-20(22(29)28(12)11-14-4-2-3-7-27-14)19(16(10-25)21(26)30-18)15-6-5-13(23)9-17(15)24/h2-9,19H,11,26H2,1H3. The highest BCUT2D eigenvalue weighted by Gasteiger charge is 2.35. The van der Waals surface area contributed by atoms with E-state index in [1.807, 2.05) is 18.2 Å². The molecule has 4 rings (SSSR count). The molecular weight excluding hydrogens is 423 g/mol. The van der Waals surface area contributed by atoms with Gasteiger partial charge in [-0.3, -0.25) is 9.78 Å². The van der Waals surface area contributed by atoms with Crippen LogP contribution in [-0.4, -0.2) is 9.55 Å². The Morgan fingerprint density at radius 2 is 2.07 bits per heavy atom. The molecule has 0 saturated heterocycles. The number of fused-ring (bicyclic) bond motifs is 1. The van der Waals surface area contributed by atoms with Crippen LogP contribution in [-0.2, 0) is 6.54 Å². The first-order chi connectivity index (χ1) is 14.4. The highest BCUT2D eigenvalue weighted by atomic mass is 35.5. The summed E-state index contributed by atoms with van der Waals surface area (Å²) in [5, 5.41) is 10.5. The zero-order chi connectivity index (χ0) is 21.4. The van der Waals surface area contributed by atoms with Gasteiger partial charge in [0.15, 0.2) is 0 Å². The lowest BCUT2D eigenvalue weighted by molar-refractivity contribution is 0.389. The second-order valence-electron chi connectivity index (χ2n) is 6.87. The largest absolute Gasteiger partial charge is 0.440 e. The normalized spacial score (nSPS) is 15.3. The molecule has 3 heterocycles. The third kappa shape index (κ3) is 3.43. The molecule has 2 N–H and O–H groups in total. The number of nitriles is 1. The van der Waals surface area contributed by atoms with Crippen LogP contribution < -0.4 is 16.0 Å². The summed E-state index contributed by atoms with van der Waals surface area (Å²) in [4.78, 5) is 17.9. The van der Waals surface area contributed by atoms with E-state index in [-0.39, 0.29) is 23.6 Å². The predicted octanol–water partition coefficient (Wildman–Crippen LogP) is 4.13. The average molecular weight is 439 g/mol. The number of hydrogen-bond donors (Lipinski definition) is 1. The molecule has 1 unspecified atom stereocenters. The van der Waals surface area contributed by atoms with Gasteiger partial charge in [0.25, 0.3) is 5.56 Å². The van der Waals surface area contributed by atoms with Gasteiger partial charge in [-0.2, -0.15) is 5.26 Å². The number of ether oxygens (including phenoxy) is 1. The van der Waals surface area contributed by atoms with Crippen LogP contribution in [0.5, 0.6) is 5.75 Å². The summed E-state index contributed by atoms with van der Waals surface area (Å²) in [6.07, 6.45) is 1.67. The lowest BCUT2D eigenvalue weighted by atomic mass is 9.84. The molecule has 0 bridgehead atoms. The number of pyridine rings is 2. The van der Waals surface area contributed by atoms with Crippen molar-refractivity contribution in [1.29, 1.82) is 5.26 Å². The van der Waals surface area contributed by atoms with E-state index >= 15 is 0 Å². The molecular formula is C22H16Cl2N4O2. The summed E-state index contributed by atoms with van der Waals surface area (Å²) < 4.78 is 7.25. The Kier molecular flexibility index (Phi) is 5.25. The first-order valence-corrected chi connectivity index (χ1v) is 9.83. The van der Waals surface area contributed by atoms with Crippen LogP contribution in [0.3, 0.4) is 0 Å². The van der Waals surface area contributed by atoms with Gasteiger partial charge >= 0.3 is 0 Å². The first-order valence-electron chi connectivity index (χ1n) is 9.07. The summed E-state index contributed by atoms with van der Waals surface area (Å²) >= 11 is 12.5. The number of aromatic nitrogens is 2. The van der Waals surface area contributed by atoms with Crippen molar-refractivity contribution in [1.82, 2.24) is 9.55 Å². The third-order valence-corrected chi connectivity index (χ3v) is 5.57. The van der Waals surface area contributed by atoms with Crippen molar-refractivity contribution in [3.05, 3.63) is 103 Å². The molecule has 8 heteroatoms. The molecule has 1 aliphatic heterocycles. The third-order valence-electron chi connectivity index (χ3n) is 5.01. The summed E-state index contributed by atoms with van der Waals surface area (Å²) in [5.74, 6) is -0.517. The molecule has 30 heavy (non-hydrogen) atoms. The van der Waals surface area contributed by atoms with Crippen LogP contribution in [0.2, 0.25) is 10.0 Å². The van der Waals surface area contributed by atoms with E-state index in [4.69, 9.17) is 33.7 Å². The summed E-state index contributed by atoms with van der Waals surface area (Å²) in [6.45, 7) is 2.08. The molecule has 1 atom stereocenters. The maximum Gasteiger partial charge on any atom is 0.259 e. The van der Waals surface area contributed by atoms with Gasteiger partial charge in [0.1, 0.15) is 17.4 Å². The fourth-order valence-corrected chi connectivity index (χ4v) is 4.10. The number of nitrogens with zero attached hydrogens (tertiary/aromatic N) is 3. The summed E-state index contributed by atoms with van der Waals surface area (Å²) in [6, 6.07) is 14.2. The number of rotatable bonds is 3. The Hall–Kier alpha value is -3.27. The highest BCUT2D eigenvalue weighted by Crippen LogP contribution is 2.43. The van der Waals surface area contributed by atoms with Crippen molar-refractivity contribution in [2.75, 3.05) is 0 Å². The maximum absolute atomic E-state index is 13.6. The molecule has 0 amide bonds. The Balaban J connectivity index is 1.96. The Morgan fingerprint density at radius 3 is 2.73 bits per heavy atom. The number of hydrogen-bond acceptors (Lipinski definition) is 5. The minimum absolute atomic E-state index is 0.0534. The molecule has 1 aliphatic rings. The van der Waals surface area contributed by atoms with Crippen LogP contribution in [0, 0.1) is 18.3 Å².